The maximum Gasteiger partial charge on any atom is 0.268 e. The highest BCUT2D eigenvalue weighted by Gasteiger charge is 2.35. The molecule has 31 heavy (non-hydrogen) atoms. The van der Waals surface area contributed by atoms with Gasteiger partial charge in [-0.1, -0.05) is 23.7 Å². The topological polar surface area (TPSA) is 102 Å². The van der Waals surface area contributed by atoms with Crippen LogP contribution in [0.4, 0.5) is 17.3 Å². The molecule has 3 aromatic rings. The average molecular weight is 438 g/mol. The number of ether oxygens (including phenoxy) is 1. The van der Waals surface area contributed by atoms with E-state index in [1.165, 1.54) is 0 Å². The number of carbonyl (C=O) groups is 1. The van der Waals surface area contributed by atoms with Crippen LogP contribution in [0.25, 0.3) is 11.3 Å². The first kappa shape index (κ1) is 20.9. The van der Waals surface area contributed by atoms with Crippen molar-refractivity contribution in [1.82, 2.24) is 9.97 Å². The van der Waals surface area contributed by atoms with Gasteiger partial charge >= 0.3 is 0 Å². The first-order valence-electron chi connectivity index (χ1n) is 10.1. The Bertz CT molecular complexity index is 1130. The minimum atomic E-state index is -0.870. The summed E-state index contributed by atoms with van der Waals surface area (Å²) in [4.78, 5) is 20.8. The third-order valence-corrected chi connectivity index (χ3v) is 5.23. The second kappa shape index (κ2) is 8.43. The summed E-state index contributed by atoms with van der Waals surface area (Å²) in [7, 11) is 0. The van der Waals surface area contributed by atoms with Crippen molar-refractivity contribution in [3.8, 4) is 17.0 Å². The van der Waals surface area contributed by atoms with Crippen LogP contribution in [-0.2, 0) is 11.2 Å². The zero-order valence-electron chi connectivity index (χ0n) is 17.4. The number of halogens is 1. The maximum atomic E-state index is 12.1. The summed E-state index contributed by atoms with van der Waals surface area (Å²) < 4.78 is 5.76. The molecule has 0 fully saturated rings. The molecule has 4 rings (SSSR count). The summed E-state index contributed by atoms with van der Waals surface area (Å²) in [6.45, 7) is 4.22. The summed E-state index contributed by atoms with van der Waals surface area (Å²) in [5.41, 5.74) is 9.15. The van der Waals surface area contributed by atoms with Gasteiger partial charge in [0.25, 0.3) is 5.91 Å². The van der Waals surface area contributed by atoms with Crippen molar-refractivity contribution in [3.63, 3.8) is 0 Å². The number of aromatic nitrogens is 2. The Morgan fingerprint density at radius 3 is 2.81 bits per heavy atom. The van der Waals surface area contributed by atoms with E-state index in [1.54, 1.807) is 13.8 Å². The molecule has 0 unspecified atom stereocenters. The normalized spacial score (nSPS) is 14.4. The lowest BCUT2D eigenvalue weighted by Gasteiger charge is -2.31. The molecule has 2 aromatic carbocycles. The van der Waals surface area contributed by atoms with Gasteiger partial charge in [-0.2, -0.15) is 0 Å². The highest BCUT2D eigenvalue weighted by molar-refractivity contribution is 6.30. The van der Waals surface area contributed by atoms with Crippen molar-refractivity contribution in [2.24, 2.45) is 0 Å². The van der Waals surface area contributed by atoms with Crippen LogP contribution in [0.2, 0.25) is 5.02 Å². The molecule has 4 N–H and O–H groups in total. The second-order valence-electron chi connectivity index (χ2n) is 7.92. The fourth-order valence-corrected chi connectivity index (χ4v) is 3.55. The molecule has 2 heterocycles. The number of nitrogen functional groups attached to an aromatic ring is 1. The van der Waals surface area contributed by atoms with Gasteiger partial charge in [-0.05, 0) is 63.1 Å². The van der Waals surface area contributed by atoms with Gasteiger partial charge in [-0.25, -0.2) is 9.97 Å². The SMILES string of the molecule is CC1(C)Oc2ccc(NCCCc3cc(-c4cccc(Cl)c4)nc(N)n3)cc2NC1=O. The molecule has 0 saturated heterocycles. The van der Waals surface area contributed by atoms with Crippen LogP contribution in [0.1, 0.15) is 26.0 Å². The van der Waals surface area contributed by atoms with Gasteiger partial charge in [0.1, 0.15) is 5.75 Å². The van der Waals surface area contributed by atoms with Crippen LogP contribution in [0, 0.1) is 0 Å². The van der Waals surface area contributed by atoms with Crippen LogP contribution in [0.5, 0.6) is 5.75 Å². The molecule has 1 aliphatic rings. The number of anilines is 3. The van der Waals surface area contributed by atoms with E-state index in [4.69, 9.17) is 22.1 Å². The summed E-state index contributed by atoms with van der Waals surface area (Å²) in [6.07, 6.45) is 1.59. The number of aryl methyl sites for hydroxylation is 1. The molecule has 0 saturated carbocycles. The first-order chi connectivity index (χ1) is 14.8. The van der Waals surface area contributed by atoms with Crippen molar-refractivity contribution in [2.45, 2.75) is 32.3 Å². The molecule has 0 radical (unpaired) electrons. The summed E-state index contributed by atoms with van der Waals surface area (Å²) in [5, 5.41) is 6.91. The van der Waals surface area contributed by atoms with E-state index < -0.39 is 5.60 Å². The van der Waals surface area contributed by atoms with Crippen molar-refractivity contribution in [1.29, 1.82) is 0 Å². The van der Waals surface area contributed by atoms with Crippen molar-refractivity contribution >= 4 is 34.8 Å². The highest BCUT2D eigenvalue weighted by Crippen LogP contribution is 2.35. The Balaban J connectivity index is 1.36. The predicted molar refractivity (Wildman–Crippen MR) is 123 cm³/mol. The number of hydrogen-bond acceptors (Lipinski definition) is 6. The largest absolute Gasteiger partial charge is 0.476 e. The fraction of sp³-hybridized carbons (Fsp3) is 0.261. The highest BCUT2D eigenvalue weighted by atomic mass is 35.5. The minimum Gasteiger partial charge on any atom is -0.476 e. The van der Waals surface area contributed by atoms with E-state index in [-0.39, 0.29) is 11.9 Å². The average Bonchev–Trinajstić information content (AvgIpc) is 2.72. The summed E-state index contributed by atoms with van der Waals surface area (Å²) >= 11 is 6.09. The molecule has 8 heteroatoms. The third kappa shape index (κ3) is 4.88. The van der Waals surface area contributed by atoms with Gasteiger partial charge in [-0.3, -0.25) is 4.79 Å². The Hall–Kier alpha value is -3.32. The lowest BCUT2D eigenvalue weighted by molar-refractivity contribution is -0.129. The number of amides is 1. The molecule has 0 aliphatic carbocycles. The molecular weight excluding hydrogens is 414 g/mol. The van der Waals surface area contributed by atoms with E-state index in [9.17, 15) is 4.79 Å². The zero-order chi connectivity index (χ0) is 22.0. The van der Waals surface area contributed by atoms with Gasteiger partial charge < -0.3 is 21.1 Å². The van der Waals surface area contributed by atoms with Crippen LogP contribution in [-0.4, -0.2) is 28.0 Å². The number of rotatable bonds is 6. The number of nitrogens with one attached hydrogen (secondary N) is 2. The van der Waals surface area contributed by atoms with Gasteiger partial charge in [0.2, 0.25) is 5.95 Å². The van der Waals surface area contributed by atoms with Gasteiger partial charge in [-0.15, -0.1) is 0 Å². The van der Waals surface area contributed by atoms with E-state index in [1.807, 2.05) is 48.5 Å². The Morgan fingerprint density at radius 1 is 1.16 bits per heavy atom. The zero-order valence-corrected chi connectivity index (χ0v) is 18.2. The minimum absolute atomic E-state index is 0.158. The molecule has 0 bridgehead atoms. The molecule has 0 spiro atoms. The number of nitrogens with zero attached hydrogens (tertiary/aromatic N) is 2. The van der Waals surface area contributed by atoms with Crippen molar-refractivity contribution in [3.05, 3.63) is 59.2 Å². The van der Waals surface area contributed by atoms with Crippen LogP contribution < -0.4 is 21.1 Å². The predicted octanol–water partition coefficient (Wildman–Crippen LogP) is 4.53. The number of nitrogens with two attached hydrogens (primary N) is 1. The van der Waals surface area contributed by atoms with E-state index in [0.29, 0.717) is 16.5 Å². The number of carbonyl (C=O) groups excluding carboxylic acids is 1. The molecule has 1 aliphatic heterocycles. The third-order valence-electron chi connectivity index (χ3n) is 5.00. The Morgan fingerprint density at radius 2 is 2.00 bits per heavy atom. The van der Waals surface area contributed by atoms with E-state index in [0.717, 1.165) is 42.0 Å². The molecular formula is C23H24ClN5O2. The van der Waals surface area contributed by atoms with Crippen LogP contribution >= 0.6 is 11.6 Å². The van der Waals surface area contributed by atoms with Gasteiger partial charge in [0, 0.05) is 28.5 Å². The summed E-state index contributed by atoms with van der Waals surface area (Å²) in [5.74, 6) is 0.753. The first-order valence-corrected chi connectivity index (χ1v) is 10.5. The number of benzene rings is 2. The standard InChI is InChI=1S/C23H24ClN5O2/c1-23(2)21(30)28-19-12-16(8-9-20(19)31-23)26-10-4-7-17-13-18(29-22(25)27-17)14-5-3-6-15(24)11-14/h3,5-6,8-9,11-13,26H,4,7,10H2,1-2H3,(H,28,30)(H2,25,27,29). The number of fused-ring (bicyclic) bond motifs is 1. The molecule has 1 amide bonds. The molecule has 160 valence electrons. The van der Waals surface area contributed by atoms with Crippen molar-refractivity contribution in [2.75, 3.05) is 22.9 Å². The lowest BCUT2D eigenvalue weighted by atomic mass is 10.1. The van der Waals surface area contributed by atoms with Crippen molar-refractivity contribution < 1.29 is 9.53 Å². The van der Waals surface area contributed by atoms with Gasteiger partial charge in [0.05, 0.1) is 11.4 Å². The quantitative estimate of drug-likeness (QED) is 0.489. The summed E-state index contributed by atoms with van der Waals surface area (Å²) in [6, 6.07) is 15.1. The Labute approximate surface area is 186 Å². The number of hydrogen-bond donors (Lipinski definition) is 3. The van der Waals surface area contributed by atoms with E-state index >= 15 is 0 Å². The lowest BCUT2D eigenvalue weighted by Crippen LogP contribution is -2.45. The fourth-order valence-electron chi connectivity index (χ4n) is 3.36. The monoisotopic (exact) mass is 437 g/mol. The maximum absolute atomic E-state index is 12.1. The smallest absolute Gasteiger partial charge is 0.268 e. The van der Waals surface area contributed by atoms with Gasteiger partial charge in [0.15, 0.2) is 5.60 Å². The molecule has 0 atom stereocenters. The van der Waals surface area contributed by atoms with Crippen LogP contribution in [0.15, 0.2) is 48.5 Å². The van der Waals surface area contributed by atoms with E-state index in [2.05, 4.69) is 20.6 Å². The van der Waals surface area contributed by atoms with Crippen LogP contribution in [0.3, 0.4) is 0 Å². The second-order valence-corrected chi connectivity index (χ2v) is 8.36. The Kier molecular flexibility index (Phi) is 5.69. The molecule has 7 nitrogen and oxygen atoms in total. The molecule has 1 aromatic heterocycles.